The molecule has 2 fully saturated rings. The van der Waals surface area contributed by atoms with E-state index in [0.29, 0.717) is 17.9 Å². The third-order valence-electron chi connectivity index (χ3n) is 3.82. The van der Waals surface area contributed by atoms with Crippen LogP contribution < -0.4 is 4.90 Å². The molecule has 2 heterocycles. The zero-order valence-corrected chi connectivity index (χ0v) is 12.2. The monoisotopic (exact) mass is 293 g/mol. The van der Waals surface area contributed by atoms with E-state index in [1.54, 1.807) is 21.9 Å². The van der Waals surface area contributed by atoms with Crippen LogP contribution in [0.4, 0.5) is 5.69 Å². The number of nitrogens with zero attached hydrogens (tertiary/aromatic N) is 3. The third-order valence-corrected chi connectivity index (χ3v) is 4.08. The number of rotatable bonds is 2. The molecule has 0 aromatic heterocycles. The Hall–Kier alpha value is -1.59. The topological polar surface area (TPSA) is 43.9 Å². The van der Waals surface area contributed by atoms with E-state index in [4.69, 9.17) is 11.6 Å². The van der Waals surface area contributed by atoms with Crippen molar-refractivity contribution in [3.63, 3.8) is 0 Å². The van der Waals surface area contributed by atoms with E-state index in [0.717, 1.165) is 5.69 Å². The molecule has 0 unspecified atom stereocenters. The Morgan fingerprint density at radius 1 is 1.20 bits per heavy atom. The molecule has 20 heavy (non-hydrogen) atoms. The molecule has 106 valence electrons. The van der Waals surface area contributed by atoms with E-state index in [1.165, 1.54) is 0 Å². The highest BCUT2D eigenvalue weighted by molar-refractivity contribution is 6.30. The van der Waals surface area contributed by atoms with E-state index in [9.17, 15) is 9.59 Å². The summed E-state index contributed by atoms with van der Waals surface area (Å²) in [6.45, 7) is 0. The van der Waals surface area contributed by atoms with Crippen LogP contribution in [0.25, 0.3) is 0 Å². The average Bonchev–Trinajstić information content (AvgIpc) is 2.91. The normalized spacial score (nSPS) is 25.8. The maximum atomic E-state index is 12.6. The summed E-state index contributed by atoms with van der Waals surface area (Å²) in [6, 6.07) is 6.79. The number of carbonyl (C=O) groups is 2. The molecule has 0 aliphatic carbocycles. The lowest BCUT2D eigenvalue weighted by molar-refractivity contribution is -0.133. The van der Waals surface area contributed by atoms with E-state index >= 15 is 0 Å². The summed E-state index contributed by atoms with van der Waals surface area (Å²) in [7, 11) is 3.74. The van der Waals surface area contributed by atoms with Crippen LogP contribution in [-0.2, 0) is 9.59 Å². The van der Waals surface area contributed by atoms with Crippen LogP contribution in [0.5, 0.6) is 0 Å². The van der Waals surface area contributed by atoms with E-state index < -0.39 is 0 Å². The lowest BCUT2D eigenvalue weighted by atomic mass is 10.2. The predicted octanol–water partition coefficient (Wildman–Crippen LogP) is 1.52. The summed E-state index contributed by atoms with van der Waals surface area (Å²) >= 11 is 5.89. The van der Waals surface area contributed by atoms with Crippen molar-refractivity contribution in [2.24, 2.45) is 0 Å². The van der Waals surface area contributed by atoms with Crippen molar-refractivity contribution < 1.29 is 9.59 Å². The minimum atomic E-state index is -0.358. The molecule has 2 saturated heterocycles. The van der Waals surface area contributed by atoms with Gasteiger partial charge in [-0.3, -0.25) is 24.3 Å². The van der Waals surface area contributed by atoms with Gasteiger partial charge in [-0.25, -0.2) is 0 Å². The van der Waals surface area contributed by atoms with Crippen molar-refractivity contribution in [3.05, 3.63) is 29.3 Å². The highest BCUT2D eigenvalue weighted by atomic mass is 35.5. The number of amides is 2. The molecule has 1 aromatic carbocycles. The van der Waals surface area contributed by atoms with E-state index in [2.05, 4.69) is 0 Å². The zero-order valence-electron chi connectivity index (χ0n) is 11.4. The molecule has 5 nitrogen and oxygen atoms in total. The lowest BCUT2D eigenvalue weighted by Crippen LogP contribution is -2.51. The van der Waals surface area contributed by atoms with Crippen molar-refractivity contribution in [2.45, 2.75) is 25.2 Å². The van der Waals surface area contributed by atoms with Crippen molar-refractivity contribution >= 4 is 29.1 Å². The van der Waals surface area contributed by atoms with Crippen molar-refractivity contribution in [1.82, 2.24) is 9.80 Å². The van der Waals surface area contributed by atoms with Gasteiger partial charge in [0.25, 0.3) is 5.91 Å². The van der Waals surface area contributed by atoms with Gasteiger partial charge in [-0.05, 0) is 44.8 Å². The fourth-order valence-corrected chi connectivity index (χ4v) is 3.10. The van der Waals surface area contributed by atoms with Crippen molar-refractivity contribution in [1.29, 1.82) is 0 Å². The van der Waals surface area contributed by atoms with Gasteiger partial charge in [0.05, 0.1) is 0 Å². The Balaban J connectivity index is 2.03. The Kier molecular flexibility index (Phi) is 3.18. The predicted molar refractivity (Wildman–Crippen MR) is 76.3 cm³/mol. The second-order valence-electron chi connectivity index (χ2n) is 5.35. The minimum Gasteiger partial charge on any atom is -0.297 e. The van der Waals surface area contributed by atoms with Crippen molar-refractivity contribution in [3.8, 4) is 0 Å². The molecule has 0 N–H and O–H groups in total. The van der Waals surface area contributed by atoms with E-state index in [-0.39, 0.29) is 24.1 Å². The number of benzene rings is 1. The summed E-state index contributed by atoms with van der Waals surface area (Å²) in [5.41, 5.74) is 0.764. The molecule has 6 heteroatoms. The first-order valence-electron chi connectivity index (χ1n) is 6.57. The second-order valence-corrected chi connectivity index (χ2v) is 5.79. The van der Waals surface area contributed by atoms with Gasteiger partial charge in [0.15, 0.2) is 6.29 Å². The second kappa shape index (κ2) is 4.75. The Morgan fingerprint density at radius 2 is 1.85 bits per heavy atom. The van der Waals surface area contributed by atoms with Crippen LogP contribution in [0, 0.1) is 0 Å². The molecule has 2 aliphatic heterocycles. The van der Waals surface area contributed by atoms with Crippen LogP contribution in [0.1, 0.15) is 12.8 Å². The van der Waals surface area contributed by atoms with E-state index in [1.807, 2.05) is 31.1 Å². The SMILES string of the molecule is CN(C)[C@H]1N(c2ccc(Cl)cc2)C(=O)[C@@H]2CCC(=O)N21. The molecule has 0 saturated carbocycles. The molecule has 0 radical (unpaired) electrons. The Labute approximate surface area is 122 Å². The highest BCUT2D eigenvalue weighted by Gasteiger charge is 2.52. The van der Waals surface area contributed by atoms with Gasteiger partial charge in [0, 0.05) is 17.1 Å². The van der Waals surface area contributed by atoms with Gasteiger partial charge >= 0.3 is 0 Å². The van der Waals surface area contributed by atoms with Gasteiger partial charge in [0.2, 0.25) is 5.91 Å². The van der Waals surface area contributed by atoms with Crippen LogP contribution in [0.15, 0.2) is 24.3 Å². The van der Waals surface area contributed by atoms with Gasteiger partial charge < -0.3 is 0 Å². The summed E-state index contributed by atoms with van der Waals surface area (Å²) in [6.07, 6.45) is 0.699. The van der Waals surface area contributed by atoms with Crippen LogP contribution in [-0.4, -0.2) is 48.0 Å². The first-order chi connectivity index (χ1) is 9.50. The maximum absolute atomic E-state index is 12.6. The fraction of sp³-hybridized carbons (Fsp3) is 0.429. The van der Waals surface area contributed by atoms with Crippen LogP contribution in [0.2, 0.25) is 5.02 Å². The molecule has 2 atom stereocenters. The fourth-order valence-electron chi connectivity index (χ4n) is 2.98. The number of halogens is 1. The number of anilines is 1. The molecule has 1 aromatic rings. The Bertz CT molecular complexity index is 558. The van der Waals surface area contributed by atoms with Gasteiger partial charge in [-0.2, -0.15) is 0 Å². The molecule has 3 rings (SSSR count). The van der Waals surface area contributed by atoms with Gasteiger partial charge in [-0.1, -0.05) is 11.6 Å². The molecule has 2 aliphatic rings. The molecule has 0 bridgehead atoms. The van der Waals surface area contributed by atoms with Crippen LogP contribution >= 0.6 is 11.6 Å². The molecular formula is C14H16ClN3O2. The smallest absolute Gasteiger partial charge is 0.252 e. The number of fused-ring (bicyclic) bond motifs is 1. The Morgan fingerprint density at radius 3 is 2.45 bits per heavy atom. The standard InChI is InChI=1S/C14H16ClN3O2/c1-16(2)14-17(10-5-3-9(15)4-6-10)13(20)11-7-8-12(19)18(11)14/h3-6,11,14H,7-8H2,1-2H3/t11-,14-/m0/s1. The number of carbonyl (C=O) groups excluding carboxylic acids is 2. The molecule has 2 amide bonds. The summed E-state index contributed by atoms with van der Waals surface area (Å²) in [4.78, 5) is 29.9. The summed E-state index contributed by atoms with van der Waals surface area (Å²) in [5.74, 6) is 0.0235. The highest BCUT2D eigenvalue weighted by Crippen LogP contribution is 2.35. The largest absolute Gasteiger partial charge is 0.297 e. The quantitative estimate of drug-likeness (QED) is 0.830. The lowest BCUT2D eigenvalue weighted by Gasteiger charge is -2.34. The maximum Gasteiger partial charge on any atom is 0.252 e. The average molecular weight is 294 g/mol. The van der Waals surface area contributed by atoms with Gasteiger partial charge in [-0.15, -0.1) is 0 Å². The molecular weight excluding hydrogens is 278 g/mol. The minimum absolute atomic E-state index is 0.0168. The number of hydrogen-bond donors (Lipinski definition) is 0. The zero-order chi connectivity index (χ0) is 14.4. The first kappa shape index (κ1) is 13.4. The van der Waals surface area contributed by atoms with Crippen LogP contribution in [0.3, 0.4) is 0 Å². The molecule has 0 spiro atoms. The van der Waals surface area contributed by atoms with Crippen molar-refractivity contribution in [2.75, 3.05) is 19.0 Å². The third kappa shape index (κ3) is 1.89. The number of hydrogen-bond acceptors (Lipinski definition) is 3. The first-order valence-corrected chi connectivity index (χ1v) is 6.95. The summed E-state index contributed by atoms with van der Waals surface area (Å²) in [5, 5.41) is 0.623. The summed E-state index contributed by atoms with van der Waals surface area (Å²) < 4.78 is 0. The van der Waals surface area contributed by atoms with Gasteiger partial charge in [0.1, 0.15) is 6.04 Å².